The van der Waals surface area contributed by atoms with Gasteiger partial charge >= 0.3 is 0 Å². The molecule has 0 aliphatic heterocycles. The summed E-state index contributed by atoms with van der Waals surface area (Å²) >= 11 is 8.46. The minimum atomic E-state index is -1.65. The maximum absolute atomic E-state index is 6.22. The van der Waals surface area contributed by atoms with Gasteiger partial charge in [-0.25, -0.2) is 0 Å². The van der Waals surface area contributed by atoms with Crippen molar-refractivity contribution in [2.45, 2.75) is 19.6 Å². The molecule has 0 aliphatic rings. The molecule has 0 fully saturated rings. The maximum Gasteiger partial charge on any atom is 0.242 e. The molecule has 1 aromatic heterocycles. The van der Waals surface area contributed by atoms with E-state index in [1.807, 2.05) is 18.2 Å². The largest absolute Gasteiger partial charge is 0.542 e. The van der Waals surface area contributed by atoms with Crippen LogP contribution < -0.4 is 4.43 Å². The van der Waals surface area contributed by atoms with E-state index in [4.69, 9.17) is 16.0 Å². The fraction of sp³-hybridized carbons (Fsp3) is 0.250. The van der Waals surface area contributed by atoms with E-state index >= 15 is 0 Å². The Kier molecular flexibility index (Phi) is 3.65. The highest BCUT2D eigenvalue weighted by Crippen LogP contribution is 2.35. The smallest absolute Gasteiger partial charge is 0.242 e. The molecule has 0 N–H and O–H groups in total. The van der Waals surface area contributed by atoms with Gasteiger partial charge in [-0.15, -0.1) is 0 Å². The van der Waals surface area contributed by atoms with Crippen molar-refractivity contribution in [2.75, 3.05) is 0 Å². The minimum Gasteiger partial charge on any atom is -0.542 e. The molecule has 0 amide bonds. The lowest BCUT2D eigenvalue weighted by Gasteiger charge is -2.21. The van der Waals surface area contributed by atoms with Crippen molar-refractivity contribution in [1.82, 2.24) is 4.98 Å². The van der Waals surface area contributed by atoms with Gasteiger partial charge in [0.2, 0.25) is 8.32 Å². The first-order valence-corrected chi connectivity index (χ1v) is 10.2. The van der Waals surface area contributed by atoms with Crippen molar-refractivity contribution in [3.8, 4) is 5.75 Å². The summed E-state index contributed by atoms with van der Waals surface area (Å²) in [4.78, 5) is 4.39. The number of halogens is 2. The first-order chi connectivity index (χ1) is 7.88. The van der Waals surface area contributed by atoms with Crippen molar-refractivity contribution >= 4 is 53.4 Å². The molecule has 0 saturated carbocycles. The van der Waals surface area contributed by atoms with Crippen molar-refractivity contribution in [3.05, 3.63) is 33.0 Å². The highest BCUT2D eigenvalue weighted by Gasteiger charge is 2.21. The van der Waals surface area contributed by atoms with Crippen LogP contribution in [0.3, 0.4) is 0 Å². The van der Waals surface area contributed by atoms with Crippen LogP contribution in [0.25, 0.3) is 10.9 Å². The summed E-state index contributed by atoms with van der Waals surface area (Å²) in [6.07, 6.45) is 1.77. The molecule has 17 heavy (non-hydrogen) atoms. The van der Waals surface area contributed by atoms with Gasteiger partial charge in [0.25, 0.3) is 0 Å². The molecule has 0 saturated heterocycles. The highest BCUT2D eigenvalue weighted by molar-refractivity contribution is 14.1. The zero-order valence-electron chi connectivity index (χ0n) is 9.92. The highest BCUT2D eigenvalue weighted by atomic mass is 127. The average Bonchev–Trinajstić information content (AvgIpc) is 2.23. The Bertz CT molecular complexity index is 568. The van der Waals surface area contributed by atoms with Crippen LogP contribution in [0.1, 0.15) is 0 Å². The maximum atomic E-state index is 6.22. The van der Waals surface area contributed by atoms with E-state index in [1.54, 1.807) is 6.20 Å². The predicted molar refractivity (Wildman–Crippen MR) is 83.4 cm³/mol. The van der Waals surface area contributed by atoms with Crippen LogP contribution >= 0.6 is 34.2 Å². The minimum absolute atomic E-state index is 0.723. The third-order valence-corrected chi connectivity index (χ3v) is 4.09. The fourth-order valence-electron chi connectivity index (χ4n) is 1.55. The normalized spacial score (nSPS) is 11.8. The second kappa shape index (κ2) is 4.74. The molecule has 0 unspecified atom stereocenters. The van der Waals surface area contributed by atoms with Crippen LogP contribution in [-0.2, 0) is 0 Å². The summed E-state index contributed by atoms with van der Waals surface area (Å²) in [6.45, 7) is 6.48. The third kappa shape index (κ3) is 2.92. The molecule has 0 radical (unpaired) electrons. The molecular formula is C12H13ClINOSi. The number of aromatic nitrogens is 1. The molecule has 1 aromatic carbocycles. The Balaban J connectivity index is 2.69. The third-order valence-electron chi connectivity index (χ3n) is 2.16. The summed E-state index contributed by atoms with van der Waals surface area (Å²) in [5.41, 5.74) is 0.854. The molecule has 2 rings (SSSR count). The molecule has 2 nitrogen and oxygen atoms in total. The molecule has 90 valence electrons. The van der Waals surface area contributed by atoms with Crippen molar-refractivity contribution in [1.29, 1.82) is 0 Å². The van der Waals surface area contributed by atoms with Crippen molar-refractivity contribution in [2.24, 2.45) is 0 Å². The Morgan fingerprint density at radius 2 is 2.06 bits per heavy atom. The predicted octanol–water partition coefficient (Wildman–Crippen LogP) is 4.71. The number of pyridine rings is 1. The summed E-state index contributed by atoms with van der Waals surface area (Å²) in [5.74, 6) is 0.866. The molecule has 1 heterocycles. The lowest BCUT2D eigenvalue weighted by Crippen LogP contribution is -2.29. The summed E-state index contributed by atoms with van der Waals surface area (Å²) in [7, 11) is -1.65. The zero-order valence-corrected chi connectivity index (χ0v) is 13.8. The molecular weight excluding hydrogens is 365 g/mol. The topological polar surface area (TPSA) is 22.1 Å². The average molecular weight is 378 g/mol. The first kappa shape index (κ1) is 13.1. The standard InChI is InChI=1S/C12H13ClINOSi/c1-17(2,3)16-12-10(14)7-9(13)8-5-4-6-15-11(8)12/h4-7H,1-3H3. The van der Waals surface area contributed by atoms with Gasteiger partial charge in [0.15, 0.2) is 0 Å². The number of fused-ring (bicyclic) bond motifs is 1. The van der Waals surface area contributed by atoms with E-state index < -0.39 is 8.32 Å². The van der Waals surface area contributed by atoms with Crippen LogP contribution in [0, 0.1) is 3.57 Å². The van der Waals surface area contributed by atoms with Crippen LogP contribution in [0.5, 0.6) is 5.75 Å². The van der Waals surface area contributed by atoms with E-state index in [0.717, 1.165) is 25.2 Å². The summed E-state index contributed by atoms with van der Waals surface area (Å²) in [6, 6.07) is 5.79. The number of rotatable bonds is 2. The second-order valence-corrected chi connectivity index (χ2v) is 10.8. The van der Waals surface area contributed by atoms with Crippen LogP contribution in [0.15, 0.2) is 24.4 Å². The van der Waals surface area contributed by atoms with Crippen LogP contribution in [0.4, 0.5) is 0 Å². The summed E-state index contributed by atoms with van der Waals surface area (Å²) < 4.78 is 7.13. The van der Waals surface area contributed by atoms with Gasteiger partial charge in [-0.05, 0) is 60.4 Å². The Labute approximate surface area is 121 Å². The van der Waals surface area contributed by atoms with Gasteiger partial charge in [-0.2, -0.15) is 0 Å². The Morgan fingerprint density at radius 1 is 1.35 bits per heavy atom. The first-order valence-electron chi connectivity index (χ1n) is 5.30. The van der Waals surface area contributed by atoms with E-state index in [0.29, 0.717) is 0 Å². The Morgan fingerprint density at radius 3 is 2.71 bits per heavy atom. The van der Waals surface area contributed by atoms with Gasteiger partial charge < -0.3 is 4.43 Å². The van der Waals surface area contributed by atoms with Gasteiger partial charge in [0.1, 0.15) is 11.3 Å². The second-order valence-electron chi connectivity index (χ2n) is 4.78. The van der Waals surface area contributed by atoms with Crippen LogP contribution in [-0.4, -0.2) is 13.3 Å². The molecule has 2 aromatic rings. The van der Waals surface area contributed by atoms with E-state index in [9.17, 15) is 0 Å². The lowest BCUT2D eigenvalue weighted by molar-refractivity contribution is 0.559. The quantitative estimate of drug-likeness (QED) is 0.559. The van der Waals surface area contributed by atoms with Crippen molar-refractivity contribution < 1.29 is 4.43 Å². The molecule has 0 spiro atoms. The lowest BCUT2D eigenvalue weighted by atomic mass is 10.2. The number of nitrogens with zero attached hydrogens (tertiary/aromatic N) is 1. The van der Waals surface area contributed by atoms with E-state index in [2.05, 4.69) is 47.2 Å². The van der Waals surface area contributed by atoms with Crippen molar-refractivity contribution in [3.63, 3.8) is 0 Å². The van der Waals surface area contributed by atoms with E-state index in [1.165, 1.54) is 0 Å². The SMILES string of the molecule is C[Si](C)(C)Oc1c(I)cc(Cl)c2cccnc12. The monoisotopic (exact) mass is 377 g/mol. The van der Waals surface area contributed by atoms with Gasteiger partial charge in [0, 0.05) is 11.6 Å². The number of hydrogen-bond donors (Lipinski definition) is 0. The fourth-order valence-corrected chi connectivity index (χ4v) is 3.70. The van der Waals surface area contributed by atoms with Gasteiger partial charge in [0.05, 0.1) is 8.59 Å². The summed E-state index contributed by atoms with van der Waals surface area (Å²) in [5, 5.41) is 1.67. The zero-order chi connectivity index (χ0) is 12.6. The number of benzene rings is 1. The van der Waals surface area contributed by atoms with Crippen LogP contribution in [0.2, 0.25) is 24.7 Å². The molecule has 5 heteroatoms. The van der Waals surface area contributed by atoms with Gasteiger partial charge in [-0.3, -0.25) is 4.98 Å². The molecule has 0 atom stereocenters. The molecule has 0 bridgehead atoms. The molecule has 0 aliphatic carbocycles. The Hall–Kier alpha value is -0.333. The van der Waals surface area contributed by atoms with Gasteiger partial charge in [-0.1, -0.05) is 11.6 Å². The van der Waals surface area contributed by atoms with E-state index in [-0.39, 0.29) is 0 Å². The number of hydrogen-bond acceptors (Lipinski definition) is 2.